The second-order valence-corrected chi connectivity index (χ2v) is 5.69. The van der Waals surface area contributed by atoms with Gasteiger partial charge in [0.1, 0.15) is 0 Å². The van der Waals surface area contributed by atoms with E-state index < -0.39 is 32.3 Å². The summed E-state index contributed by atoms with van der Waals surface area (Å²) in [5.41, 5.74) is 0. The summed E-state index contributed by atoms with van der Waals surface area (Å²) < 4.78 is 4.47. The molecule has 0 unspecified atom stereocenters. The zero-order valence-corrected chi connectivity index (χ0v) is 16.3. The van der Waals surface area contributed by atoms with Crippen molar-refractivity contribution >= 4 is 92.5 Å². The molecule has 0 aromatic heterocycles. The van der Waals surface area contributed by atoms with Gasteiger partial charge in [0.15, 0.2) is 0 Å². The second-order valence-electron chi connectivity index (χ2n) is 2.67. The molecule has 2 N–H and O–H groups in total. The van der Waals surface area contributed by atoms with Crippen LogP contribution in [-0.2, 0) is 19.8 Å². The maximum atomic E-state index is 5.88. The first kappa shape index (κ1) is 20.4. The van der Waals surface area contributed by atoms with Gasteiger partial charge in [-0.2, -0.15) is 0 Å². The van der Waals surface area contributed by atoms with E-state index in [0.29, 0.717) is 0 Å². The molecule has 1 rings (SSSR count). The van der Waals surface area contributed by atoms with Crippen LogP contribution in [0.25, 0.3) is 0 Å². The summed E-state index contributed by atoms with van der Waals surface area (Å²) in [6.07, 6.45) is 0. The second kappa shape index (κ2) is 9.93. The van der Waals surface area contributed by atoms with Crippen LogP contribution in [0.1, 0.15) is 0 Å². The SMILES string of the molecule is ClC1C(Cl)C(Cl)C(Cl)C(Cl)C1Cl.NI.[Os]. The topological polar surface area (TPSA) is 26.0 Å². The summed E-state index contributed by atoms with van der Waals surface area (Å²) in [6.45, 7) is 0. The average Bonchev–Trinajstić information content (AvgIpc) is 2.24. The molecule has 0 aliphatic heterocycles. The summed E-state index contributed by atoms with van der Waals surface area (Å²) in [4.78, 5) is 0. The van der Waals surface area contributed by atoms with Crippen LogP contribution in [-0.4, -0.2) is 32.3 Å². The molecule has 1 fully saturated rings. The normalized spacial score (nSPS) is 44.8. The molecule has 1 nitrogen and oxygen atoms in total. The fourth-order valence-electron chi connectivity index (χ4n) is 1.05. The zero-order valence-electron chi connectivity index (χ0n) is 7.04. The van der Waals surface area contributed by atoms with Crippen LogP contribution in [0.3, 0.4) is 0 Å². The standard InChI is InChI=1S/C6H6Cl6.H2IN.Os/c7-1-2(8)4(10)6(12)5(11)3(1)9;1-2;/h1-6H;2H2;. The van der Waals surface area contributed by atoms with Gasteiger partial charge < -0.3 is 0 Å². The Labute approximate surface area is 147 Å². The van der Waals surface area contributed by atoms with Crippen molar-refractivity contribution in [3.05, 3.63) is 0 Å². The Kier molecular flexibility index (Phi) is 13.5. The van der Waals surface area contributed by atoms with Gasteiger partial charge in [-0.15, -0.1) is 69.6 Å². The largest absolute Gasteiger partial charge is 0.275 e. The zero-order chi connectivity index (χ0) is 11.5. The molecular formula is C6H8Cl6INOs. The van der Waals surface area contributed by atoms with Crippen LogP contribution in [0.2, 0.25) is 0 Å². The van der Waals surface area contributed by atoms with Crippen molar-refractivity contribution in [3.63, 3.8) is 0 Å². The van der Waals surface area contributed by atoms with Crippen LogP contribution >= 0.6 is 92.5 Å². The molecule has 0 bridgehead atoms. The molecule has 9 heteroatoms. The minimum atomic E-state index is -0.437. The van der Waals surface area contributed by atoms with E-state index in [-0.39, 0.29) is 19.8 Å². The van der Waals surface area contributed by atoms with Crippen LogP contribution in [0.4, 0.5) is 0 Å². The van der Waals surface area contributed by atoms with Gasteiger partial charge in [0, 0.05) is 42.7 Å². The quantitative estimate of drug-likeness (QED) is 0.247. The first-order valence-electron chi connectivity index (χ1n) is 3.53. The van der Waals surface area contributed by atoms with E-state index in [1.165, 1.54) is 0 Å². The molecule has 0 atom stereocenters. The van der Waals surface area contributed by atoms with Crippen molar-refractivity contribution in [3.8, 4) is 0 Å². The summed E-state index contributed by atoms with van der Waals surface area (Å²) in [7, 11) is 0. The molecular weight excluding hydrogens is 616 g/mol. The van der Waals surface area contributed by atoms with Gasteiger partial charge in [-0.25, -0.2) is 0 Å². The summed E-state index contributed by atoms with van der Waals surface area (Å²) >= 11 is 36.9. The molecule has 1 aliphatic carbocycles. The molecule has 0 aromatic rings. The van der Waals surface area contributed by atoms with Crippen LogP contribution < -0.4 is 3.95 Å². The van der Waals surface area contributed by atoms with Crippen molar-refractivity contribution in [2.24, 2.45) is 3.95 Å². The van der Waals surface area contributed by atoms with Gasteiger partial charge in [0.25, 0.3) is 0 Å². The molecule has 0 heterocycles. The fourth-order valence-corrected chi connectivity index (χ4v) is 3.38. The predicted octanol–water partition coefficient (Wildman–Crippen LogP) is 3.94. The van der Waals surface area contributed by atoms with E-state index in [9.17, 15) is 0 Å². The van der Waals surface area contributed by atoms with Gasteiger partial charge >= 0.3 is 0 Å². The van der Waals surface area contributed by atoms with E-state index in [4.69, 9.17) is 69.6 Å². The molecule has 1 aliphatic rings. The van der Waals surface area contributed by atoms with E-state index in [1.807, 2.05) is 0 Å². The van der Waals surface area contributed by atoms with Crippen molar-refractivity contribution in [2.75, 3.05) is 0 Å². The van der Waals surface area contributed by atoms with Gasteiger partial charge in [-0.05, 0) is 0 Å². The average molecular weight is 624 g/mol. The van der Waals surface area contributed by atoms with Crippen molar-refractivity contribution in [1.29, 1.82) is 0 Å². The third-order valence-corrected chi connectivity index (χ3v) is 5.86. The number of nitrogens with two attached hydrogens (primary N) is 1. The number of alkyl halides is 6. The molecule has 0 spiro atoms. The van der Waals surface area contributed by atoms with E-state index in [0.717, 1.165) is 0 Å². The minimum absolute atomic E-state index is 0. The maximum absolute atomic E-state index is 5.88. The monoisotopic (exact) mass is 623 g/mol. The summed E-state index contributed by atoms with van der Waals surface area (Å²) in [6, 6.07) is 0. The Bertz CT molecular complexity index is 119. The smallest absolute Gasteiger partial charge is 0.0693 e. The van der Waals surface area contributed by atoms with E-state index >= 15 is 0 Å². The van der Waals surface area contributed by atoms with E-state index in [2.05, 4.69) is 3.95 Å². The van der Waals surface area contributed by atoms with Crippen LogP contribution in [0, 0.1) is 0 Å². The van der Waals surface area contributed by atoms with Crippen molar-refractivity contribution in [2.45, 2.75) is 32.3 Å². The number of hydrogen-bond acceptors (Lipinski definition) is 1. The molecule has 15 heavy (non-hydrogen) atoms. The minimum Gasteiger partial charge on any atom is -0.275 e. The Balaban J connectivity index is 0. The maximum Gasteiger partial charge on any atom is 0.0693 e. The number of rotatable bonds is 0. The predicted molar refractivity (Wildman–Crippen MR) is 76.1 cm³/mol. The van der Waals surface area contributed by atoms with Crippen molar-refractivity contribution in [1.82, 2.24) is 0 Å². The Morgan fingerprint density at radius 3 is 0.667 bits per heavy atom. The van der Waals surface area contributed by atoms with Crippen LogP contribution in [0.5, 0.6) is 0 Å². The Morgan fingerprint density at radius 1 is 0.533 bits per heavy atom. The molecule has 0 amide bonds. The Morgan fingerprint density at radius 2 is 0.600 bits per heavy atom. The first-order chi connectivity index (χ1) is 6.46. The van der Waals surface area contributed by atoms with Crippen LogP contribution in [0.15, 0.2) is 0 Å². The molecule has 0 aromatic carbocycles. The fraction of sp³-hybridized carbons (Fsp3) is 1.00. The summed E-state index contributed by atoms with van der Waals surface area (Å²) in [5, 5.41) is -2.62. The first-order valence-corrected chi connectivity index (χ1v) is 7.39. The molecule has 0 radical (unpaired) electrons. The van der Waals surface area contributed by atoms with Gasteiger partial charge in [0.2, 0.25) is 0 Å². The third kappa shape index (κ3) is 5.29. The molecule has 0 saturated heterocycles. The van der Waals surface area contributed by atoms with E-state index in [1.54, 1.807) is 22.9 Å². The Hall–Kier alpha value is 3.07. The molecule has 94 valence electrons. The number of hydrogen-bond donors (Lipinski definition) is 1. The van der Waals surface area contributed by atoms with Gasteiger partial charge in [0.05, 0.1) is 32.3 Å². The summed E-state index contributed by atoms with van der Waals surface area (Å²) in [5.74, 6) is 0. The number of halogens is 7. The molecule has 1 saturated carbocycles. The van der Waals surface area contributed by atoms with Gasteiger partial charge in [-0.3, -0.25) is 3.95 Å². The van der Waals surface area contributed by atoms with Gasteiger partial charge in [-0.1, -0.05) is 0 Å². The van der Waals surface area contributed by atoms with Crippen molar-refractivity contribution < 1.29 is 19.8 Å². The third-order valence-electron chi connectivity index (χ3n) is 1.83.